The largest absolute Gasteiger partial charge is 0.494 e. The minimum atomic E-state index is -0.283. The molecule has 0 saturated carbocycles. The van der Waals surface area contributed by atoms with Crippen molar-refractivity contribution in [2.75, 3.05) is 13.2 Å². The van der Waals surface area contributed by atoms with Crippen LogP contribution in [0.15, 0.2) is 24.3 Å². The van der Waals surface area contributed by atoms with Gasteiger partial charge in [-0.05, 0) is 24.8 Å². The third kappa shape index (κ3) is 6.80. The van der Waals surface area contributed by atoms with Crippen LogP contribution in [0.2, 0.25) is 0 Å². The number of hydrogen-bond donors (Lipinski definition) is 3. The number of carbonyl (C=O) groups is 1. The Morgan fingerprint density at radius 3 is 2.59 bits per heavy atom. The van der Waals surface area contributed by atoms with E-state index in [2.05, 4.69) is 31.4 Å². The second-order valence-electron chi connectivity index (χ2n) is 6.51. The maximum absolute atomic E-state index is 12.0. The molecule has 1 aromatic carbocycles. The fraction of sp³-hybridized carbons (Fsp3) is 0.588. The average molecular weight is 308 g/mol. The molecule has 1 atom stereocenters. The third-order valence-corrected chi connectivity index (χ3v) is 3.13. The van der Waals surface area contributed by atoms with Gasteiger partial charge in [0.2, 0.25) is 0 Å². The molecule has 0 spiro atoms. The molecular weight excluding hydrogens is 280 g/mol. The maximum atomic E-state index is 12.0. The minimum Gasteiger partial charge on any atom is -0.494 e. The lowest BCUT2D eigenvalue weighted by Crippen LogP contribution is -2.45. The molecule has 0 aromatic heterocycles. The van der Waals surface area contributed by atoms with Crippen LogP contribution in [0.3, 0.4) is 0 Å². The zero-order valence-corrected chi connectivity index (χ0v) is 14.0. The Balaban J connectivity index is 2.52. The first-order valence-electron chi connectivity index (χ1n) is 7.71. The van der Waals surface area contributed by atoms with Gasteiger partial charge in [0.25, 0.3) is 0 Å². The second kappa shape index (κ2) is 8.63. The molecule has 0 saturated heterocycles. The monoisotopic (exact) mass is 308 g/mol. The van der Waals surface area contributed by atoms with E-state index in [-0.39, 0.29) is 24.1 Å². The summed E-state index contributed by atoms with van der Waals surface area (Å²) in [4.78, 5) is 12.0. The number of benzene rings is 1. The van der Waals surface area contributed by atoms with E-state index >= 15 is 0 Å². The van der Waals surface area contributed by atoms with Crippen LogP contribution in [0.5, 0.6) is 5.75 Å². The number of hydrogen-bond acceptors (Lipinski definition) is 3. The fourth-order valence-electron chi connectivity index (χ4n) is 2.26. The molecule has 0 heterocycles. The van der Waals surface area contributed by atoms with Crippen LogP contribution in [0, 0.1) is 5.41 Å². The van der Waals surface area contributed by atoms with Crippen molar-refractivity contribution in [3.63, 3.8) is 0 Å². The number of urea groups is 1. The Kier molecular flexibility index (Phi) is 7.18. The molecule has 0 fully saturated rings. The summed E-state index contributed by atoms with van der Waals surface area (Å²) in [6.45, 7) is 9.06. The van der Waals surface area contributed by atoms with Crippen LogP contribution in [-0.4, -0.2) is 30.4 Å². The Morgan fingerprint density at radius 1 is 1.32 bits per heavy atom. The highest BCUT2D eigenvalue weighted by Crippen LogP contribution is 2.20. The van der Waals surface area contributed by atoms with E-state index < -0.39 is 0 Å². The number of ether oxygens (including phenoxy) is 1. The van der Waals surface area contributed by atoms with Gasteiger partial charge in [-0.25, -0.2) is 4.79 Å². The van der Waals surface area contributed by atoms with E-state index in [9.17, 15) is 9.90 Å². The van der Waals surface area contributed by atoms with Crippen molar-refractivity contribution in [3.05, 3.63) is 29.8 Å². The van der Waals surface area contributed by atoms with Crippen molar-refractivity contribution in [2.45, 2.75) is 46.7 Å². The van der Waals surface area contributed by atoms with Gasteiger partial charge in [-0.2, -0.15) is 0 Å². The number of nitrogens with one attached hydrogen (secondary N) is 2. The summed E-state index contributed by atoms with van der Waals surface area (Å²) in [5, 5.41) is 15.0. The maximum Gasteiger partial charge on any atom is 0.315 e. The number of carbonyl (C=O) groups excluding carboxylic acids is 1. The SMILES string of the molecule is CCOc1ccccc1CNC(=O)NC(CO)CC(C)(C)C. The molecule has 3 N–H and O–H groups in total. The molecule has 1 unspecified atom stereocenters. The molecule has 5 nitrogen and oxygen atoms in total. The summed E-state index contributed by atoms with van der Waals surface area (Å²) < 4.78 is 5.53. The standard InChI is InChI=1S/C17H28N2O3/c1-5-22-15-9-7-6-8-13(15)11-18-16(21)19-14(12-20)10-17(2,3)4/h6-9,14,20H,5,10-12H2,1-4H3,(H2,18,19,21). The van der Waals surface area contributed by atoms with Crippen LogP contribution in [0.1, 0.15) is 39.7 Å². The molecule has 0 aliphatic rings. The number of amides is 2. The Hall–Kier alpha value is -1.75. The highest BCUT2D eigenvalue weighted by atomic mass is 16.5. The fourth-order valence-corrected chi connectivity index (χ4v) is 2.26. The predicted molar refractivity (Wildman–Crippen MR) is 87.9 cm³/mol. The van der Waals surface area contributed by atoms with Crippen LogP contribution in [0.4, 0.5) is 4.79 Å². The van der Waals surface area contributed by atoms with E-state index in [0.717, 1.165) is 11.3 Å². The lowest BCUT2D eigenvalue weighted by Gasteiger charge is -2.25. The van der Waals surface area contributed by atoms with E-state index in [1.54, 1.807) is 0 Å². The Labute approximate surface area is 133 Å². The second-order valence-corrected chi connectivity index (χ2v) is 6.51. The van der Waals surface area contributed by atoms with Crippen molar-refractivity contribution >= 4 is 6.03 Å². The molecule has 22 heavy (non-hydrogen) atoms. The van der Waals surface area contributed by atoms with Gasteiger partial charge in [0.05, 0.1) is 19.3 Å². The number of aliphatic hydroxyl groups is 1. The van der Waals surface area contributed by atoms with Crippen molar-refractivity contribution in [1.29, 1.82) is 0 Å². The normalized spacial score (nSPS) is 12.6. The molecule has 5 heteroatoms. The van der Waals surface area contributed by atoms with E-state index in [4.69, 9.17) is 4.74 Å². The summed E-state index contributed by atoms with van der Waals surface area (Å²) in [5.41, 5.74) is 0.971. The molecule has 0 aliphatic carbocycles. The summed E-state index contributed by atoms with van der Waals surface area (Å²) in [5.74, 6) is 0.777. The zero-order chi connectivity index (χ0) is 16.6. The first-order valence-corrected chi connectivity index (χ1v) is 7.71. The van der Waals surface area contributed by atoms with Crippen molar-refractivity contribution in [2.24, 2.45) is 5.41 Å². The van der Waals surface area contributed by atoms with Crippen LogP contribution in [-0.2, 0) is 6.54 Å². The average Bonchev–Trinajstić information content (AvgIpc) is 2.44. The van der Waals surface area contributed by atoms with E-state index in [0.29, 0.717) is 19.6 Å². The molecule has 0 radical (unpaired) electrons. The highest BCUT2D eigenvalue weighted by molar-refractivity contribution is 5.74. The topological polar surface area (TPSA) is 70.6 Å². The number of para-hydroxylation sites is 1. The van der Waals surface area contributed by atoms with Crippen molar-refractivity contribution in [1.82, 2.24) is 10.6 Å². The van der Waals surface area contributed by atoms with Gasteiger partial charge in [0, 0.05) is 12.1 Å². The lowest BCUT2D eigenvalue weighted by atomic mass is 9.88. The molecule has 2 amide bonds. The first kappa shape index (κ1) is 18.3. The van der Waals surface area contributed by atoms with Crippen LogP contribution in [0.25, 0.3) is 0 Å². The molecular formula is C17H28N2O3. The lowest BCUT2D eigenvalue weighted by molar-refractivity contribution is 0.190. The molecule has 1 rings (SSSR count). The Morgan fingerprint density at radius 2 is 2.00 bits per heavy atom. The molecule has 0 bridgehead atoms. The smallest absolute Gasteiger partial charge is 0.315 e. The summed E-state index contributed by atoms with van der Waals surface area (Å²) in [6.07, 6.45) is 0.715. The Bertz CT molecular complexity index is 469. The van der Waals surface area contributed by atoms with Gasteiger partial charge in [-0.15, -0.1) is 0 Å². The summed E-state index contributed by atoms with van der Waals surface area (Å²) in [6, 6.07) is 7.09. The first-order chi connectivity index (χ1) is 10.4. The number of rotatable bonds is 7. The molecule has 124 valence electrons. The van der Waals surface area contributed by atoms with Gasteiger partial charge in [0.1, 0.15) is 5.75 Å². The summed E-state index contributed by atoms with van der Waals surface area (Å²) in [7, 11) is 0. The van der Waals surface area contributed by atoms with Crippen LogP contribution >= 0.6 is 0 Å². The molecule has 0 aliphatic heterocycles. The third-order valence-electron chi connectivity index (χ3n) is 3.13. The van der Waals surface area contributed by atoms with Gasteiger partial charge < -0.3 is 20.5 Å². The van der Waals surface area contributed by atoms with Gasteiger partial charge in [0.15, 0.2) is 0 Å². The quantitative estimate of drug-likeness (QED) is 0.725. The van der Waals surface area contributed by atoms with E-state index in [1.165, 1.54) is 0 Å². The molecule has 1 aromatic rings. The van der Waals surface area contributed by atoms with Gasteiger partial charge in [-0.3, -0.25) is 0 Å². The van der Waals surface area contributed by atoms with Gasteiger partial charge in [-0.1, -0.05) is 39.0 Å². The zero-order valence-electron chi connectivity index (χ0n) is 14.0. The van der Waals surface area contributed by atoms with Crippen molar-refractivity contribution < 1.29 is 14.6 Å². The van der Waals surface area contributed by atoms with Crippen molar-refractivity contribution in [3.8, 4) is 5.75 Å². The van der Waals surface area contributed by atoms with Crippen LogP contribution < -0.4 is 15.4 Å². The minimum absolute atomic E-state index is 0.0439. The predicted octanol–water partition coefficient (Wildman–Crippen LogP) is 2.68. The van der Waals surface area contributed by atoms with Gasteiger partial charge >= 0.3 is 6.03 Å². The summed E-state index contributed by atoms with van der Waals surface area (Å²) >= 11 is 0. The van der Waals surface area contributed by atoms with E-state index in [1.807, 2.05) is 31.2 Å². The number of aliphatic hydroxyl groups excluding tert-OH is 1. The highest BCUT2D eigenvalue weighted by Gasteiger charge is 2.19.